The Hall–Kier alpha value is -2.17. The number of benzene rings is 2. The largest absolute Gasteiger partial charge is 0.285 e. The lowest BCUT2D eigenvalue weighted by atomic mass is 10.1. The summed E-state index contributed by atoms with van der Waals surface area (Å²) in [4.78, 5) is 29.5. The maximum absolute atomic E-state index is 12.1. The van der Waals surface area contributed by atoms with Crippen molar-refractivity contribution >= 4 is 23.4 Å². The fourth-order valence-electron chi connectivity index (χ4n) is 2.23. The van der Waals surface area contributed by atoms with E-state index in [1.807, 2.05) is 18.2 Å². The molecule has 0 aromatic heterocycles. The molecule has 5 heteroatoms. The Morgan fingerprint density at radius 3 is 2.10 bits per heavy atom. The lowest BCUT2D eigenvalue weighted by Gasteiger charge is -2.13. The predicted octanol–water partition coefficient (Wildman–Crippen LogP) is 3.11. The van der Waals surface area contributed by atoms with Crippen LogP contribution in [0.5, 0.6) is 0 Å². The van der Waals surface area contributed by atoms with E-state index in [2.05, 4.69) is 0 Å². The molecule has 0 N–H and O–H groups in total. The van der Waals surface area contributed by atoms with Crippen LogP contribution < -0.4 is 0 Å². The van der Waals surface area contributed by atoms with Gasteiger partial charge in [-0.25, -0.2) is 0 Å². The van der Waals surface area contributed by atoms with E-state index in [4.69, 9.17) is 16.4 Å². The second kappa shape index (κ2) is 5.68. The maximum Gasteiger partial charge on any atom is 0.285 e. The van der Waals surface area contributed by atoms with Crippen molar-refractivity contribution in [2.75, 3.05) is 6.61 Å². The SMILES string of the molecule is O=C1c2ccccc2C(=O)N1OCCc1ccccc1Cl. The molecule has 0 saturated heterocycles. The number of carbonyl (C=O) groups excluding carboxylic acids is 2. The standard InChI is InChI=1S/C16H12ClNO3/c17-14-8-4-1-5-11(14)9-10-21-18-15(19)12-6-2-3-7-13(12)16(18)20/h1-8H,9-10H2. The lowest BCUT2D eigenvalue weighted by Crippen LogP contribution is -2.30. The molecule has 4 nitrogen and oxygen atoms in total. The van der Waals surface area contributed by atoms with Crippen LogP contribution in [0.1, 0.15) is 26.3 Å². The van der Waals surface area contributed by atoms with Gasteiger partial charge in [-0.3, -0.25) is 14.4 Å². The van der Waals surface area contributed by atoms with E-state index >= 15 is 0 Å². The van der Waals surface area contributed by atoms with Gasteiger partial charge in [0.2, 0.25) is 0 Å². The molecule has 21 heavy (non-hydrogen) atoms. The Bertz CT molecular complexity index is 679. The van der Waals surface area contributed by atoms with Crippen LogP contribution in [0.3, 0.4) is 0 Å². The second-order valence-electron chi connectivity index (χ2n) is 4.62. The summed E-state index contributed by atoms with van der Waals surface area (Å²) in [7, 11) is 0. The second-order valence-corrected chi connectivity index (χ2v) is 5.03. The van der Waals surface area contributed by atoms with Gasteiger partial charge in [0.1, 0.15) is 0 Å². The highest BCUT2D eigenvalue weighted by molar-refractivity contribution is 6.31. The highest BCUT2D eigenvalue weighted by Crippen LogP contribution is 2.23. The highest BCUT2D eigenvalue weighted by Gasteiger charge is 2.36. The summed E-state index contributed by atoms with van der Waals surface area (Å²) in [5.41, 5.74) is 1.66. The van der Waals surface area contributed by atoms with Gasteiger partial charge in [-0.05, 0) is 30.2 Å². The molecular formula is C16H12ClNO3. The monoisotopic (exact) mass is 301 g/mol. The highest BCUT2D eigenvalue weighted by atomic mass is 35.5. The third kappa shape index (κ3) is 2.55. The molecule has 0 bridgehead atoms. The van der Waals surface area contributed by atoms with E-state index in [0.717, 1.165) is 10.6 Å². The number of amides is 2. The maximum atomic E-state index is 12.1. The summed E-state index contributed by atoms with van der Waals surface area (Å²) >= 11 is 6.05. The minimum absolute atomic E-state index is 0.204. The number of halogens is 1. The molecule has 0 fully saturated rings. The molecule has 3 rings (SSSR count). The van der Waals surface area contributed by atoms with Gasteiger partial charge in [-0.2, -0.15) is 0 Å². The van der Waals surface area contributed by atoms with Gasteiger partial charge in [0.05, 0.1) is 17.7 Å². The molecule has 2 aromatic rings. The first-order chi connectivity index (χ1) is 10.2. The van der Waals surface area contributed by atoms with Crippen molar-refractivity contribution in [3.63, 3.8) is 0 Å². The molecule has 0 spiro atoms. The average Bonchev–Trinajstić information content (AvgIpc) is 2.74. The summed E-state index contributed by atoms with van der Waals surface area (Å²) in [5, 5.41) is 1.46. The minimum atomic E-state index is -0.422. The molecule has 106 valence electrons. The van der Waals surface area contributed by atoms with Crippen LogP contribution in [0.2, 0.25) is 5.02 Å². The van der Waals surface area contributed by atoms with Crippen LogP contribution in [0.15, 0.2) is 48.5 Å². The number of carbonyl (C=O) groups is 2. The fraction of sp³-hybridized carbons (Fsp3) is 0.125. The Balaban J connectivity index is 1.66. The van der Waals surface area contributed by atoms with Crippen LogP contribution in [0, 0.1) is 0 Å². The summed E-state index contributed by atoms with van der Waals surface area (Å²) in [5.74, 6) is -0.843. The number of hydrogen-bond acceptors (Lipinski definition) is 3. The van der Waals surface area contributed by atoms with Crippen molar-refractivity contribution in [2.45, 2.75) is 6.42 Å². The normalized spacial score (nSPS) is 13.7. The molecule has 0 atom stereocenters. The van der Waals surface area contributed by atoms with E-state index in [1.54, 1.807) is 30.3 Å². The van der Waals surface area contributed by atoms with Crippen molar-refractivity contribution in [1.29, 1.82) is 0 Å². The van der Waals surface area contributed by atoms with Gasteiger partial charge in [-0.15, -0.1) is 5.06 Å². The molecule has 1 heterocycles. The van der Waals surface area contributed by atoms with Crippen molar-refractivity contribution in [3.05, 3.63) is 70.2 Å². The number of hydrogen-bond donors (Lipinski definition) is 0. The van der Waals surface area contributed by atoms with Gasteiger partial charge in [0.15, 0.2) is 0 Å². The van der Waals surface area contributed by atoms with E-state index in [9.17, 15) is 9.59 Å². The van der Waals surface area contributed by atoms with Crippen molar-refractivity contribution in [1.82, 2.24) is 5.06 Å². The van der Waals surface area contributed by atoms with E-state index in [1.165, 1.54) is 0 Å². The van der Waals surface area contributed by atoms with E-state index in [-0.39, 0.29) is 6.61 Å². The number of hydroxylamine groups is 2. The van der Waals surface area contributed by atoms with Crippen molar-refractivity contribution < 1.29 is 14.4 Å². The fourth-order valence-corrected chi connectivity index (χ4v) is 2.46. The van der Waals surface area contributed by atoms with Gasteiger partial charge >= 0.3 is 0 Å². The smallest absolute Gasteiger partial charge is 0.266 e. The van der Waals surface area contributed by atoms with Gasteiger partial charge in [0, 0.05) is 5.02 Å². The minimum Gasteiger partial charge on any atom is -0.266 e. The molecular weight excluding hydrogens is 290 g/mol. The topological polar surface area (TPSA) is 46.6 Å². The van der Waals surface area contributed by atoms with Gasteiger partial charge in [-0.1, -0.05) is 41.9 Å². The van der Waals surface area contributed by atoms with Crippen LogP contribution >= 0.6 is 11.6 Å². The molecule has 1 aliphatic heterocycles. The third-order valence-electron chi connectivity index (χ3n) is 3.31. The zero-order valence-electron chi connectivity index (χ0n) is 11.1. The predicted molar refractivity (Wildman–Crippen MR) is 78.1 cm³/mol. The first kappa shape index (κ1) is 13.8. The zero-order chi connectivity index (χ0) is 14.8. The summed E-state index contributed by atoms with van der Waals surface area (Å²) < 4.78 is 0. The van der Waals surface area contributed by atoms with Gasteiger partial charge in [0.25, 0.3) is 11.8 Å². The van der Waals surface area contributed by atoms with Crippen LogP contribution in [-0.2, 0) is 11.3 Å². The Morgan fingerprint density at radius 2 is 1.48 bits per heavy atom. The molecule has 2 amide bonds. The third-order valence-corrected chi connectivity index (χ3v) is 3.68. The van der Waals surface area contributed by atoms with E-state index < -0.39 is 11.8 Å². The lowest BCUT2D eigenvalue weighted by molar-refractivity contribution is -0.0902. The average molecular weight is 302 g/mol. The number of rotatable bonds is 4. The Labute approximate surface area is 126 Å². The van der Waals surface area contributed by atoms with E-state index in [0.29, 0.717) is 22.6 Å². The van der Waals surface area contributed by atoms with Crippen LogP contribution in [-0.4, -0.2) is 23.5 Å². The van der Waals surface area contributed by atoms with Crippen molar-refractivity contribution in [2.24, 2.45) is 0 Å². The molecule has 2 aromatic carbocycles. The Kier molecular flexibility index (Phi) is 3.73. The molecule has 0 radical (unpaired) electrons. The molecule has 0 aliphatic carbocycles. The molecule has 0 unspecified atom stereocenters. The summed E-state index contributed by atoms with van der Waals surface area (Å²) in [6.45, 7) is 0.204. The molecule has 1 aliphatic rings. The first-order valence-corrected chi connectivity index (χ1v) is 6.90. The first-order valence-electron chi connectivity index (χ1n) is 6.52. The Morgan fingerprint density at radius 1 is 0.905 bits per heavy atom. The van der Waals surface area contributed by atoms with Crippen LogP contribution in [0.25, 0.3) is 0 Å². The zero-order valence-corrected chi connectivity index (χ0v) is 11.8. The number of imide groups is 1. The van der Waals surface area contributed by atoms with Gasteiger partial charge < -0.3 is 0 Å². The quantitative estimate of drug-likeness (QED) is 0.815. The van der Waals surface area contributed by atoms with Crippen LogP contribution in [0.4, 0.5) is 0 Å². The number of fused-ring (bicyclic) bond motifs is 1. The van der Waals surface area contributed by atoms with Crippen molar-refractivity contribution in [3.8, 4) is 0 Å². The molecule has 0 saturated carbocycles. The summed E-state index contributed by atoms with van der Waals surface area (Å²) in [6.07, 6.45) is 0.521. The number of nitrogens with zero attached hydrogens (tertiary/aromatic N) is 1. The summed E-state index contributed by atoms with van der Waals surface area (Å²) in [6, 6.07) is 14.1.